The first kappa shape index (κ1) is 22.8. The Kier molecular flexibility index (Phi) is 8.13. The molecule has 0 saturated carbocycles. The summed E-state index contributed by atoms with van der Waals surface area (Å²) < 4.78 is 0. The van der Waals surface area contributed by atoms with Crippen LogP contribution in [0.5, 0.6) is 0 Å². The molecule has 9 heteroatoms. The van der Waals surface area contributed by atoms with Crippen LogP contribution >= 0.6 is 35.0 Å². The number of carboxylic acid groups (broad SMARTS) is 1. The van der Waals surface area contributed by atoms with E-state index in [0.717, 1.165) is 11.0 Å². The van der Waals surface area contributed by atoms with Gasteiger partial charge in [0.25, 0.3) is 0 Å². The molecule has 0 radical (unpaired) electrons. The van der Waals surface area contributed by atoms with Crippen LogP contribution in [-0.2, 0) is 14.4 Å². The minimum Gasteiger partial charge on any atom is -0.478 e. The zero-order valence-corrected chi connectivity index (χ0v) is 17.9. The van der Waals surface area contributed by atoms with Crippen molar-refractivity contribution in [3.8, 4) is 0 Å². The van der Waals surface area contributed by atoms with Crippen molar-refractivity contribution in [2.75, 3.05) is 10.6 Å². The van der Waals surface area contributed by atoms with E-state index in [-0.39, 0.29) is 11.5 Å². The first-order valence-electron chi connectivity index (χ1n) is 8.40. The number of aliphatic carboxylic acids is 1. The lowest BCUT2D eigenvalue weighted by Crippen LogP contribution is -2.22. The molecule has 29 heavy (non-hydrogen) atoms. The van der Waals surface area contributed by atoms with Gasteiger partial charge < -0.3 is 15.7 Å². The molecule has 0 aliphatic heterocycles. The Hall–Kier alpha value is -2.48. The molecule has 2 aromatic rings. The molecule has 0 aliphatic rings. The molecule has 0 aliphatic carbocycles. The van der Waals surface area contributed by atoms with Gasteiger partial charge in [0.15, 0.2) is 0 Å². The fraction of sp³-hybridized carbons (Fsp3) is 0.150. The number of hydrogen-bond donors (Lipinski definition) is 3. The summed E-state index contributed by atoms with van der Waals surface area (Å²) in [5, 5.41) is 14.6. The van der Waals surface area contributed by atoms with Crippen LogP contribution < -0.4 is 10.6 Å². The van der Waals surface area contributed by atoms with Crippen molar-refractivity contribution in [1.29, 1.82) is 0 Å². The summed E-state index contributed by atoms with van der Waals surface area (Å²) in [6.07, 6.45) is 1.01. The van der Waals surface area contributed by atoms with Gasteiger partial charge in [0.2, 0.25) is 11.8 Å². The lowest BCUT2D eigenvalue weighted by Gasteiger charge is -2.13. The predicted molar refractivity (Wildman–Crippen MR) is 117 cm³/mol. The average Bonchev–Trinajstić information content (AvgIpc) is 2.62. The largest absolute Gasteiger partial charge is 0.478 e. The predicted octanol–water partition coefficient (Wildman–Crippen LogP) is 5.08. The number of benzene rings is 2. The highest BCUT2D eigenvalue weighted by Gasteiger charge is 2.15. The van der Waals surface area contributed by atoms with Crippen LogP contribution in [0, 0.1) is 0 Å². The maximum absolute atomic E-state index is 12.4. The fourth-order valence-corrected chi connectivity index (χ4v) is 3.57. The third kappa shape index (κ3) is 7.45. The summed E-state index contributed by atoms with van der Waals surface area (Å²) in [7, 11) is 0. The minimum atomic E-state index is -1.15. The van der Waals surface area contributed by atoms with E-state index in [4.69, 9.17) is 28.3 Å². The quantitative estimate of drug-likeness (QED) is 0.401. The van der Waals surface area contributed by atoms with Gasteiger partial charge in [-0.1, -0.05) is 23.2 Å². The molecule has 0 fully saturated rings. The number of carbonyl (C=O) groups excluding carboxylic acids is 2. The van der Waals surface area contributed by atoms with Crippen molar-refractivity contribution in [2.24, 2.45) is 0 Å². The zero-order valence-electron chi connectivity index (χ0n) is 15.5. The molecule has 0 bridgehead atoms. The number of rotatable bonds is 7. The highest BCUT2D eigenvalue weighted by molar-refractivity contribution is 8.00. The van der Waals surface area contributed by atoms with E-state index in [2.05, 4.69) is 10.6 Å². The monoisotopic (exact) mass is 452 g/mol. The summed E-state index contributed by atoms with van der Waals surface area (Å²) in [6, 6.07) is 11.7. The standard InChI is InChI=1S/C20H18Cl2N2O4S/c1-11(20(27)28)7-18(25)23-15-3-5-17(6-4-15)29-12(2)19(26)24-16-9-13(21)8-14(22)10-16/h3-10,12H,1-2H3,(H,23,25)(H,24,26)(H,27,28)/b11-7-. The van der Waals surface area contributed by atoms with Crippen LogP contribution in [0.3, 0.4) is 0 Å². The molecule has 0 heterocycles. The lowest BCUT2D eigenvalue weighted by atomic mass is 10.2. The number of carbonyl (C=O) groups is 3. The first-order valence-corrected chi connectivity index (χ1v) is 10.0. The Morgan fingerprint density at radius 2 is 1.59 bits per heavy atom. The number of thioether (sulfide) groups is 1. The molecule has 6 nitrogen and oxygen atoms in total. The maximum Gasteiger partial charge on any atom is 0.331 e. The smallest absolute Gasteiger partial charge is 0.331 e. The summed E-state index contributed by atoms with van der Waals surface area (Å²) in [6.45, 7) is 3.10. The minimum absolute atomic E-state index is 0.0597. The van der Waals surface area contributed by atoms with Gasteiger partial charge in [-0.05, 0) is 56.3 Å². The Morgan fingerprint density at radius 1 is 1.00 bits per heavy atom. The van der Waals surface area contributed by atoms with Crippen molar-refractivity contribution in [3.63, 3.8) is 0 Å². The average molecular weight is 453 g/mol. The molecular weight excluding hydrogens is 435 g/mol. The van der Waals surface area contributed by atoms with Crippen LogP contribution in [0.2, 0.25) is 10.0 Å². The van der Waals surface area contributed by atoms with Gasteiger partial charge in [-0.2, -0.15) is 0 Å². The van der Waals surface area contributed by atoms with Crippen LogP contribution in [0.15, 0.2) is 59.0 Å². The van der Waals surface area contributed by atoms with Gasteiger partial charge in [-0.3, -0.25) is 9.59 Å². The van der Waals surface area contributed by atoms with Crippen molar-refractivity contribution < 1.29 is 19.5 Å². The van der Waals surface area contributed by atoms with Crippen molar-refractivity contribution in [3.05, 3.63) is 64.2 Å². The molecule has 1 unspecified atom stereocenters. The summed E-state index contributed by atoms with van der Waals surface area (Å²) >= 11 is 13.2. The summed E-state index contributed by atoms with van der Waals surface area (Å²) in [4.78, 5) is 35.7. The van der Waals surface area contributed by atoms with E-state index >= 15 is 0 Å². The molecule has 0 aromatic heterocycles. The van der Waals surface area contributed by atoms with Crippen LogP contribution in [0.4, 0.5) is 11.4 Å². The van der Waals surface area contributed by atoms with Gasteiger partial charge in [-0.25, -0.2) is 4.79 Å². The lowest BCUT2D eigenvalue weighted by molar-refractivity contribution is -0.132. The Labute approximate surface area is 182 Å². The number of anilines is 2. The second kappa shape index (κ2) is 10.3. The number of carboxylic acids is 1. The molecule has 152 valence electrons. The molecule has 3 N–H and O–H groups in total. The Morgan fingerprint density at radius 3 is 2.14 bits per heavy atom. The molecule has 0 saturated heterocycles. The first-order chi connectivity index (χ1) is 13.6. The third-order valence-corrected chi connectivity index (χ3v) is 5.17. The van der Waals surface area contributed by atoms with Gasteiger partial charge in [0, 0.05) is 38.0 Å². The number of nitrogens with one attached hydrogen (secondary N) is 2. The van der Waals surface area contributed by atoms with Crippen LogP contribution in [0.25, 0.3) is 0 Å². The van der Waals surface area contributed by atoms with Crippen molar-refractivity contribution >= 4 is 64.1 Å². The summed E-state index contributed by atoms with van der Waals surface area (Å²) in [5.41, 5.74) is 0.970. The van der Waals surface area contributed by atoms with E-state index < -0.39 is 17.1 Å². The van der Waals surface area contributed by atoms with Gasteiger partial charge >= 0.3 is 5.97 Å². The van der Waals surface area contributed by atoms with E-state index in [0.29, 0.717) is 21.4 Å². The molecule has 2 aromatic carbocycles. The van der Waals surface area contributed by atoms with E-state index in [1.54, 1.807) is 49.4 Å². The molecular formula is C20H18Cl2N2O4S. The van der Waals surface area contributed by atoms with Crippen molar-refractivity contribution in [1.82, 2.24) is 0 Å². The Bertz CT molecular complexity index is 941. The van der Waals surface area contributed by atoms with E-state index in [1.807, 2.05) is 0 Å². The molecule has 1 atom stereocenters. The summed E-state index contributed by atoms with van der Waals surface area (Å²) in [5.74, 6) is -1.89. The van der Waals surface area contributed by atoms with Crippen LogP contribution in [-0.4, -0.2) is 28.1 Å². The Balaban J connectivity index is 1.94. The highest BCUT2D eigenvalue weighted by atomic mass is 35.5. The number of hydrogen-bond acceptors (Lipinski definition) is 4. The number of halogens is 2. The van der Waals surface area contributed by atoms with Crippen LogP contribution in [0.1, 0.15) is 13.8 Å². The number of amides is 2. The zero-order chi connectivity index (χ0) is 21.6. The van der Waals surface area contributed by atoms with Gasteiger partial charge in [0.1, 0.15) is 0 Å². The SMILES string of the molecule is C/C(=C/C(=O)Nc1ccc(SC(C)C(=O)Nc2cc(Cl)cc(Cl)c2)cc1)C(=O)O. The third-order valence-electron chi connectivity index (χ3n) is 3.62. The van der Waals surface area contributed by atoms with E-state index in [9.17, 15) is 14.4 Å². The normalized spacial score (nSPS) is 12.2. The second-order valence-corrected chi connectivity index (χ2v) is 8.34. The molecule has 2 amide bonds. The second-order valence-electron chi connectivity index (χ2n) is 6.05. The topological polar surface area (TPSA) is 95.5 Å². The molecule has 2 rings (SSSR count). The maximum atomic E-state index is 12.4. The fourth-order valence-electron chi connectivity index (χ4n) is 2.18. The van der Waals surface area contributed by atoms with Gasteiger partial charge in [-0.15, -0.1) is 11.8 Å². The van der Waals surface area contributed by atoms with E-state index in [1.165, 1.54) is 18.7 Å². The highest BCUT2D eigenvalue weighted by Crippen LogP contribution is 2.27. The van der Waals surface area contributed by atoms with Crippen molar-refractivity contribution in [2.45, 2.75) is 24.0 Å². The molecule has 0 spiro atoms. The van der Waals surface area contributed by atoms with Gasteiger partial charge in [0.05, 0.1) is 5.25 Å².